The van der Waals surface area contributed by atoms with E-state index in [9.17, 15) is 4.79 Å². The number of rotatable bonds is 7. The number of carbonyl (C=O) groups excluding carboxylic acids is 1. The first-order valence-electron chi connectivity index (χ1n) is 7.36. The second-order valence-electron chi connectivity index (χ2n) is 5.62. The highest BCUT2D eigenvalue weighted by molar-refractivity contribution is 5.76. The van der Waals surface area contributed by atoms with Crippen molar-refractivity contribution in [3.63, 3.8) is 0 Å². The molecule has 1 aliphatic rings. The smallest absolute Gasteiger partial charge is 0.241 e. The second kappa shape index (κ2) is 7.42. The number of aryl methyl sites for hydroxylation is 1. The molecule has 1 aromatic heterocycles. The van der Waals surface area contributed by atoms with Gasteiger partial charge in [0.2, 0.25) is 5.91 Å². The van der Waals surface area contributed by atoms with E-state index in [-0.39, 0.29) is 12.5 Å². The SMILES string of the molecule is COCCN1CCC(CNC(=O)Cn2nc(C)cc2N)C1. The number of ether oxygens (including phenoxy) is 1. The number of anilines is 1. The predicted molar refractivity (Wildman–Crippen MR) is 80.8 cm³/mol. The minimum Gasteiger partial charge on any atom is -0.384 e. The number of likely N-dealkylation sites (tertiary alicyclic amines) is 1. The number of carbonyl (C=O) groups is 1. The van der Waals surface area contributed by atoms with E-state index in [0.29, 0.717) is 18.3 Å². The summed E-state index contributed by atoms with van der Waals surface area (Å²) in [5.74, 6) is 0.997. The molecule has 3 N–H and O–H groups in total. The van der Waals surface area contributed by atoms with Crippen LogP contribution < -0.4 is 11.1 Å². The summed E-state index contributed by atoms with van der Waals surface area (Å²) >= 11 is 0. The first kappa shape index (κ1) is 15.8. The van der Waals surface area contributed by atoms with Gasteiger partial charge in [-0.15, -0.1) is 0 Å². The number of nitrogens with one attached hydrogen (secondary N) is 1. The third-order valence-corrected chi connectivity index (χ3v) is 3.80. The van der Waals surface area contributed by atoms with E-state index in [1.54, 1.807) is 13.2 Å². The molecule has 21 heavy (non-hydrogen) atoms. The van der Waals surface area contributed by atoms with Crippen LogP contribution >= 0.6 is 0 Å². The van der Waals surface area contributed by atoms with Gasteiger partial charge in [-0.2, -0.15) is 5.10 Å². The summed E-state index contributed by atoms with van der Waals surface area (Å²) < 4.78 is 6.62. The zero-order valence-electron chi connectivity index (χ0n) is 12.8. The summed E-state index contributed by atoms with van der Waals surface area (Å²) in [5, 5.41) is 7.16. The number of nitrogens with two attached hydrogens (primary N) is 1. The van der Waals surface area contributed by atoms with Crippen LogP contribution in [0.25, 0.3) is 0 Å². The van der Waals surface area contributed by atoms with Crippen molar-refractivity contribution >= 4 is 11.7 Å². The number of nitrogens with zero attached hydrogens (tertiary/aromatic N) is 3. The van der Waals surface area contributed by atoms with Crippen LogP contribution in [0.5, 0.6) is 0 Å². The maximum atomic E-state index is 11.9. The molecule has 1 aromatic rings. The molecule has 2 rings (SSSR count). The molecule has 1 amide bonds. The number of hydrogen-bond donors (Lipinski definition) is 2. The number of nitrogen functional groups attached to an aromatic ring is 1. The molecule has 0 radical (unpaired) electrons. The topological polar surface area (TPSA) is 85.4 Å². The molecule has 7 nitrogen and oxygen atoms in total. The Labute approximate surface area is 125 Å². The molecule has 118 valence electrons. The zero-order chi connectivity index (χ0) is 15.2. The lowest BCUT2D eigenvalue weighted by molar-refractivity contribution is -0.122. The number of amides is 1. The minimum atomic E-state index is -0.0415. The Morgan fingerprint density at radius 3 is 3.10 bits per heavy atom. The van der Waals surface area contributed by atoms with Crippen LogP contribution in [0.1, 0.15) is 12.1 Å². The molecule has 7 heteroatoms. The predicted octanol–water partition coefficient (Wildman–Crippen LogP) is -0.142. The summed E-state index contributed by atoms with van der Waals surface area (Å²) in [4.78, 5) is 14.3. The van der Waals surface area contributed by atoms with Crippen LogP contribution in [0.2, 0.25) is 0 Å². The van der Waals surface area contributed by atoms with Crippen molar-refractivity contribution in [1.29, 1.82) is 0 Å². The van der Waals surface area contributed by atoms with E-state index in [0.717, 1.165) is 38.4 Å². The monoisotopic (exact) mass is 295 g/mol. The Hall–Kier alpha value is -1.60. The van der Waals surface area contributed by atoms with Gasteiger partial charge in [-0.3, -0.25) is 4.79 Å². The van der Waals surface area contributed by atoms with Gasteiger partial charge in [-0.05, 0) is 25.8 Å². The Bertz CT molecular complexity index is 474. The van der Waals surface area contributed by atoms with Gasteiger partial charge in [0, 0.05) is 32.8 Å². The van der Waals surface area contributed by atoms with E-state index in [1.165, 1.54) is 4.68 Å². The average molecular weight is 295 g/mol. The van der Waals surface area contributed by atoms with Crippen LogP contribution in [0.15, 0.2) is 6.07 Å². The Balaban J connectivity index is 1.69. The van der Waals surface area contributed by atoms with Gasteiger partial charge >= 0.3 is 0 Å². The maximum Gasteiger partial charge on any atom is 0.241 e. The van der Waals surface area contributed by atoms with Crippen molar-refractivity contribution in [1.82, 2.24) is 20.0 Å². The summed E-state index contributed by atoms with van der Waals surface area (Å²) in [7, 11) is 1.72. The second-order valence-corrected chi connectivity index (χ2v) is 5.62. The van der Waals surface area contributed by atoms with Crippen molar-refractivity contribution in [2.75, 3.05) is 45.6 Å². The van der Waals surface area contributed by atoms with Crippen LogP contribution in [-0.4, -0.2) is 60.5 Å². The highest BCUT2D eigenvalue weighted by Crippen LogP contribution is 2.14. The largest absolute Gasteiger partial charge is 0.384 e. The molecular weight excluding hydrogens is 270 g/mol. The Morgan fingerprint density at radius 1 is 1.62 bits per heavy atom. The fourth-order valence-electron chi connectivity index (χ4n) is 2.65. The highest BCUT2D eigenvalue weighted by atomic mass is 16.5. The normalized spacial score (nSPS) is 19.0. The van der Waals surface area contributed by atoms with Crippen molar-refractivity contribution in [3.8, 4) is 0 Å². The van der Waals surface area contributed by atoms with Crippen molar-refractivity contribution in [2.45, 2.75) is 19.9 Å². The maximum absolute atomic E-state index is 11.9. The van der Waals surface area contributed by atoms with E-state index in [2.05, 4.69) is 15.3 Å². The lowest BCUT2D eigenvalue weighted by atomic mass is 10.1. The van der Waals surface area contributed by atoms with Crippen LogP contribution in [-0.2, 0) is 16.1 Å². The molecule has 1 unspecified atom stereocenters. The Kier molecular flexibility index (Phi) is 5.58. The van der Waals surface area contributed by atoms with Gasteiger partial charge < -0.3 is 20.7 Å². The summed E-state index contributed by atoms with van der Waals surface area (Å²) in [5.41, 5.74) is 6.60. The van der Waals surface area contributed by atoms with Gasteiger partial charge in [0.1, 0.15) is 12.4 Å². The molecule has 0 bridgehead atoms. The lowest BCUT2D eigenvalue weighted by Crippen LogP contribution is -2.34. The molecule has 2 heterocycles. The fourth-order valence-corrected chi connectivity index (χ4v) is 2.65. The third kappa shape index (κ3) is 4.71. The van der Waals surface area contributed by atoms with Crippen LogP contribution in [0.4, 0.5) is 5.82 Å². The quantitative estimate of drug-likeness (QED) is 0.731. The molecule has 1 fully saturated rings. The van der Waals surface area contributed by atoms with Gasteiger partial charge in [-0.25, -0.2) is 4.68 Å². The van der Waals surface area contributed by atoms with Gasteiger partial charge in [0.05, 0.1) is 12.3 Å². The first-order valence-corrected chi connectivity index (χ1v) is 7.36. The standard InChI is InChI=1S/C14H25N5O2/c1-11-7-13(15)19(17-11)10-14(20)16-8-12-3-4-18(9-12)5-6-21-2/h7,12H,3-6,8-10,15H2,1-2H3,(H,16,20). The highest BCUT2D eigenvalue weighted by Gasteiger charge is 2.22. The summed E-state index contributed by atoms with van der Waals surface area (Å²) in [6.45, 7) is 6.57. The third-order valence-electron chi connectivity index (χ3n) is 3.80. The van der Waals surface area contributed by atoms with Gasteiger partial charge in [-0.1, -0.05) is 0 Å². The average Bonchev–Trinajstić information content (AvgIpc) is 3.01. The summed E-state index contributed by atoms with van der Waals surface area (Å²) in [6.07, 6.45) is 1.12. The molecule has 1 atom stereocenters. The molecule has 0 saturated carbocycles. The first-order chi connectivity index (χ1) is 10.1. The minimum absolute atomic E-state index is 0.0415. The summed E-state index contributed by atoms with van der Waals surface area (Å²) in [6, 6.07) is 1.76. The van der Waals surface area contributed by atoms with Crippen LogP contribution in [0.3, 0.4) is 0 Å². The number of aromatic nitrogens is 2. The molecule has 0 spiro atoms. The van der Waals surface area contributed by atoms with Crippen LogP contribution in [0, 0.1) is 12.8 Å². The number of hydrogen-bond acceptors (Lipinski definition) is 5. The molecule has 1 saturated heterocycles. The zero-order valence-corrected chi connectivity index (χ0v) is 12.8. The van der Waals surface area contributed by atoms with E-state index < -0.39 is 0 Å². The lowest BCUT2D eigenvalue weighted by Gasteiger charge is -2.15. The molecule has 1 aliphatic heterocycles. The van der Waals surface area contributed by atoms with E-state index in [4.69, 9.17) is 10.5 Å². The molecule has 0 aromatic carbocycles. The van der Waals surface area contributed by atoms with Crippen molar-refractivity contribution < 1.29 is 9.53 Å². The van der Waals surface area contributed by atoms with Crippen molar-refractivity contribution in [2.24, 2.45) is 5.92 Å². The van der Waals surface area contributed by atoms with Gasteiger partial charge in [0.25, 0.3) is 0 Å². The fraction of sp³-hybridized carbons (Fsp3) is 0.714. The number of methoxy groups -OCH3 is 1. The Morgan fingerprint density at radius 2 is 2.43 bits per heavy atom. The van der Waals surface area contributed by atoms with Gasteiger partial charge in [0.15, 0.2) is 0 Å². The molecule has 0 aliphatic carbocycles. The van der Waals surface area contributed by atoms with E-state index >= 15 is 0 Å². The van der Waals surface area contributed by atoms with E-state index in [1.807, 2.05) is 6.92 Å². The van der Waals surface area contributed by atoms with Crippen molar-refractivity contribution in [3.05, 3.63) is 11.8 Å². The molecular formula is C14H25N5O2.